The molecule has 2 aromatic rings. The second-order valence-corrected chi connectivity index (χ2v) is 9.37. The molecule has 2 rings (SSSR count). The van der Waals surface area contributed by atoms with Crippen LogP contribution >= 0.6 is 0 Å². The molecule has 0 aliphatic carbocycles. The van der Waals surface area contributed by atoms with E-state index >= 15 is 0 Å². The molecule has 0 aliphatic rings. The van der Waals surface area contributed by atoms with Gasteiger partial charge in [-0.05, 0) is 46.4 Å². The van der Waals surface area contributed by atoms with Crippen LogP contribution in [0.5, 0.6) is 0 Å². The van der Waals surface area contributed by atoms with Crippen LogP contribution in [0.15, 0.2) is 48.5 Å². The lowest BCUT2D eigenvalue weighted by Gasteiger charge is -2.23. The zero-order valence-corrected chi connectivity index (χ0v) is 18.0. The van der Waals surface area contributed by atoms with E-state index in [-0.39, 0.29) is 16.7 Å². The van der Waals surface area contributed by atoms with Crippen LogP contribution in [0, 0.1) is 5.41 Å². The highest BCUT2D eigenvalue weighted by atomic mass is 16.5. The molecule has 2 nitrogen and oxygen atoms in total. The van der Waals surface area contributed by atoms with Gasteiger partial charge in [-0.15, -0.1) is 0 Å². The van der Waals surface area contributed by atoms with Gasteiger partial charge in [-0.1, -0.05) is 90.1 Å². The van der Waals surface area contributed by atoms with E-state index in [1.807, 2.05) is 6.92 Å². The van der Waals surface area contributed by atoms with Gasteiger partial charge in [0.25, 0.3) is 0 Å². The van der Waals surface area contributed by atoms with Crippen molar-refractivity contribution in [3.05, 3.63) is 70.8 Å². The molecule has 146 valence electrons. The average molecular weight is 366 g/mol. The van der Waals surface area contributed by atoms with E-state index in [0.29, 0.717) is 12.5 Å². The molecule has 27 heavy (non-hydrogen) atoms. The minimum Gasteiger partial charge on any atom is -0.481 e. The van der Waals surface area contributed by atoms with Crippen LogP contribution in [0.4, 0.5) is 0 Å². The Balaban J connectivity index is 2.28. The lowest BCUT2D eigenvalue weighted by atomic mass is 9.83. The Morgan fingerprint density at radius 2 is 1.26 bits per heavy atom. The molecule has 1 atom stereocenters. The summed E-state index contributed by atoms with van der Waals surface area (Å²) in [5.41, 5.74) is 5.29. The fraction of sp³-hybridized carbons (Fsp3) is 0.480. The third-order valence-electron chi connectivity index (χ3n) is 5.06. The summed E-state index contributed by atoms with van der Waals surface area (Å²) >= 11 is 0. The molecule has 0 bridgehead atoms. The molecule has 0 radical (unpaired) electrons. The van der Waals surface area contributed by atoms with Crippen molar-refractivity contribution in [1.29, 1.82) is 5.41 Å². The van der Waals surface area contributed by atoms with Gasteiger partial charge in [0.15, 0.2) is 5.90 Å². The van der Waals surface area contributed by atoms with Crippen molar-refractivity contribution in [2.75, 3.05) is 6.61 Å². The van der Waals surface area contributed by atoms with E-state index < -0.39 is 0 Å². The number of rotatable bonds is 5. The number of hydrogen-bond donors (Lipinski definition) is 1. The van der Waals surface area contributed by atoms with Gasteiger partial charge in [-0.2, -0.15) is 0 Å². The van der Waals surface area contributed by atoms with E-state index in [0.717, 1.165) is 12.0 Å². The first-order valence-corrected chi connectivity index (χ1v) is 9.93. The molecule has 2 heteroatoms. The monoisotopic (exact) mass is 365 g/mol. The van der Waals surface area contributed by atoms with Crippen LogP contribution in [0.2, 0.25) is 0 Å². The van der Waals surface area contributed by atoms with Gasteiger partial charge in [0.2, 0.25) is 0 Å². The zero-order valence-electron chi connectivity index (χ0n) is 18.0. The molecule has 1 unspecified atom stereocenters. The molecule has 0 saturated heterocycles. The van der Waals surface area contributed by atoms with Crippen LogP contribution in [0.25, 0.3) is 0 Å². The summed E-state index contributed by atoms with van der Waals surface area (Å²) < 4.78 is 5.59. The summed E-state index contributed by atoms with van der Waals surface area (Å²) in [6.45, 7) is 15.8. The van der Waals surface area contributed by atoms with E-state index in [1.165, 1.54) is 16.7 Å². The van der Waals surface area contributed by atoms with Gasteiger partial charge in [0.1, 0.15) is 0 Å². The van der Waals surface area contributed by atoms with Crippen molar-refractivity contribution in [2.24, 2.45) is 0 Å². The second kappa shape index (κ2) is 8.29. The van der Waals surface area contributed by atoms with Crippen molar-refractivity contribution >= 4 is 5.90 Å². The number of ether oxygens (including phenoxy) is 1. The van der Waals surface area contributed by atoms with E-state index in [1.54, 1.807) is 0 Å². The summed E-state index contributed by atoms with van der Waals surface area (Å²) in [6, 6.07) is 17.5. The van der Waals surface area contributed by atoms with Crippen LogP contribution in [0.1, 0.15) is 76.6 Å². The van der Waals surface area contributed by atoms with Crippen molar-refractivity contribution in [2.45, 2.75) is 71.6 Å². The molecule has 0 fully saturated rings. The number of benzene rings is 2. The molecule has 0 heterocycles. The molecule has 2 aromatic carbocycles. The average Bonchev–Trinajstić information content (AvgIpc) is 2.59. The summed E-state index contributed by atoms with van der Waals surface area (Å²) in [5.74, 6) is 0.292. The Hall–Kier alpha value is -2.09. The quantitative estimate of drug-likeness (QED) is 0.468. The van der Waals surface area contributed by atoms with Crippen LogP contribution < -0.4 is 0 Å². The predicted molar refractivity (Wildman–Crippen MR) is 116 cm³/mol. The van der Waals surface area contributed by atoms with E-state index in [4.69, 9.17) is 10.1 Å². The van der Waals surface area contributed by atoms with Gasteiger partial charge in [0.05, 0.1) is 12.5 Å². The first-order valence-electron chi connectivity index (χ1n) is 9.93. The molecular formula is C25H35NO. The highest BCUT2D eigenvalue weighted by molar-refractivity contribution is 5.81. The van der Waals surface area contributed by atoms with Crippen LogP contribution in [-0.4, -0.2) is 12.5 Å². The molecule has 0 aromatic heterocycles. The van der Waals surface area contributed by atoms with E-state index in [9.17, 15) is 0 Å². The first-order chi connectivity index (χ1) is 12.5. The Labute approximate surface area is 165 Å². The lowest BCUT2D eigenvalue weighted by molar-refractivity contribution is 0.307. The molecular weight excluding hydrogens is 330 g/mol. The fourth-order valence-corrected chi connectivity index (χ4v) is 3.21. The van der Waals surface area contributed by atoms with Crippen molar-refractivity contribution in [3.63, 3.8) is 0 Å². The molecule has 0 amide bonds. The summed E-state index contributed by atoms with van der Waals surface area (Å²) in [7, 11) is 0. The van der Waals surface area contributed by atoms with Gasteiger partial charge in [-0.3, -0.25) is 5.41 Å². The van der Waals surface area contributed by atoms with Gasteiger partial charge in [-0.25, -0.2) is 0 Å². The largest absolute Gasteiger partial charge is 0.481 e. The van der Waals surface area contributed by atoms with Crippen LogP contribution in [-0.2, 0) is 22.0 Å². The summed E-state index contributed by atoms with van der Waals surface area (Å²) in [5, 5.41) is 8.43. The van der Waals surface area contributed by atoms with E-state index in [2.05, 4.69) is 90.1 Å². The molecule has 0 saturated carbocycles. The minimum absolute atomic E-state index is 0.0561. The maximum absolute atomic E-state index is 8.43. The number of nitrogens with one attached hydrogen (secondary N) is 1. The second-order valence-electron chi connectivity index (χ2n) is 9.37. The molecule has 1 N–H and O–H groups in total. The van der Waals surface area contributed by atoms with Gasteiger partial charge >= 0.3 is 0 Å². The lowest BCUT2D eigenvalue weighted by Crippen LogP contribution is -2.18. The molecule has 0 spiro atoms. The minimum atomic E-state index is -0.0561. The third kappa shape index (κ3) is 5.69. The van der Waals surface area contributed by atoms with Gasteiger partial charge < -0.3 is 4.74 Å². The predicted octanol–water partition coefficient (Wildman–Crippen LogP) is 6.62. The Morgan fingerprint density at radius 3 is 1.67 bits per heavy atom. The third-order valence-corrected chi connectivity index (χ3v) is 5.06. The smallest absolute Gasteiger partial charge is 0.188 e. The Kier molecular flexibility index (Phi) is 6.51. The standard InChI is InChI=1S/C25H35NO/c1-8-27-23(26)22(19-11-15-21(16-12-19)25(5,6)7)17-18-9-13-20(14-10-18)24(2,3)4/h9-16,22,26H,8,17H2,1-7H3. The van der Waals surface area contributed by atoms with Crippen molar-refractivity contribution in [3.8, 4) is 0 Å². The van der Waals surface area contributed by atoms with Gasteiger partial charge in [0, 0.05) is 0 Å². The maximum atomic E-state index is 8.43. The topological polar surface area (TPSA) is 33.1 Å². The Morgan fingerprint density at radius 1 is 0.815 bits per heavy atom. The van der Waals surface area contributed by atoms with Crippen molar-refractivity contribution < 1.29 is 4.74 Å². The molecule has 0 aliphatic heterocycles. The number of hydrogen-bond acceptors (Lipinski definition) is 2. The highest BCUT2D eigenvalue weighted by Crippen LogP contribution is 2.28. The van der Waals surface area contributed by atoms with Crippen molar-refractivity contribution in [1.82, 2.24) is 0 Å². The summed E-state index contributed by atoms with van der Waals surface area (Å²) in [6.07, 6.45) is 0.776. The summed E-state index contributed by atoms with van der Waals surface area (Å²) in [4.78, 5) is 0. The highest BCUT2D eigenvalue weighted by Gasteiger charge is 2.21. The Bertz CT molecular complexity index is 743. The zero-order chi connectivity index (χ0) is 20.2. The first kappa shape index (κ1) is 21.2. The maximum Gasteiger partial charge on any atom is 0.188 e. The normalized spacial score (nSPS) is 13.3. The van der Waals surface area contributed by atoms with Crippen LogP contribution in [0.3, 0.4) is 0 Å². The fourth-order valence-electron chi connectivity index (χ4n) is 3.21. The SMILES string of the molecule is CCOC(=N)C(Cc1ccc(C(C)(C)C)cc1)c1ccc(C(C)(C)C)cc1.